The number of hydrogen-bond donors (Lipinski definition) is 3. The minimum Gasteiger partial charge on any atom is -0.341 e. The fourth-order valence-corrected chi connectivity index (χ4v) is 2.41. The second kappa shape index (κ2) is 8.79. The highest BCUT2D eigenvalue weighted by Gasteiger charge is 2.25. The van der Waals surface area contributed by atoms with Gasteiger partial charge < -0.3 is 10.6 Å². The molecule has 3 amide bonds. The molecule has 0 aliphatic rings. The molecule has 0 aliphatic heterocycles. The monoisotopic (exact) mass is 330 g/mol. The molecule has 2 rings (SSSR count). The average molecular weight is 330 g/mol. The summed E-state index contributed by atoms with van der Waals surface area (Å²) in [6.07, 6.45) is 0.489. The molecule has 0 heterocycles. The highest BCUT2D eigenvalue weighted by Crippen LogP contribution is 2.09. The molecule has 0 unspecified atom stereocenters. The molecule has 0 saturated heterocycles. The lowest BCUT2D eigenvalue weighted by atomic mass is 10.1. The van der Waals surface area contributed by atoms with Gasteiger partial charge in [0.1, 0.15) is 5.82 Å². The van der Waals surface area contributed by atoms with Crippen LogP contribution in [0, 0.1) is 5.82 Å². The zero-order chi connectivity index (χ0) is 17.4. The van der Waals surface area contributed by atoms with Crippen LogP contribution in [-0.2, 0) is 11.2 Å². The van der Waals surface area contributed by atoms with Gasteiger partial charge in [-0.1, -0.05) is 48.5 Å². The van der Waals surface area contributed by atoms with E-state index in [9.17, 15) is 14.0 Å². The van der Waals surface area contributed by atoms with Gasteiger partial charge in [-0.2, -0.15) is 0 Å². The Hall–Kier alpha value is -2.73. The quantitative estimate of drug-likeness (QED) is 0.743. The van der Waals surface area contributed by atoms with E-state index in [0.29, 0.717) is 18.5 Å². The summed E-state index contributed by atoms with van der Waals surface area (Å²) in [5.74, 6) is -0.661. The first-order valence-corrected chi connectivity index (χ1v) is 7.76. The van der Waals surface area contributed by atoms with Crippen LogP contribution in [0.3, 0.4) is 0 Å². The van der Waals surface area contributed by atoms with Gasteiger partial charge in [-0.3, -0.25) is 10.1 Å². The van der Waals surface area contributed by atoms with Crippen LogP contribution in [0.1, 0.15) is 17.2 Å². The third-order valence-electron chi connectivity index (χ3n) is 3.68. The number of nitrogens with two attached hydrogens (primary N) is 1. The Morgan fingerprint density at radius 1 is 1.08 bits per heavy atom. The predicted octanol–water partition coefficient (Wildman–Crippen LogP) is 1.13. The topological polar surface area (TPSA) is 74.8 Å². The number of amides is 3. The van der Waals surface area contributed by atoms with Crippen LogP contribution < -0.4 is 16.0 Å². The molecule has 0 aromatic heterocycles. The van der Waals surface area contributed by atoms with Crippen molar-refractivity contribution in [3.8, 4) is 0 Å². The Bertz CT molecular complexity index is 692. The fourth-order valence-electron chi connectivity index (χ4n) is 2.41. The van der Waals surface area contributed by atoms with Gasteiger partial charge >= 0.3 is 6.03 Å². The van der Waals surface area contributed by atoms with E-state index in [2.05, 4.69) is 10.6 Å². The summed E-state index contributed by atoms with van der Waals surface area (Å²) in [5.41, 5.74) is 1.39. The first-order valence-electron chi connectivity index (χ1n) is 7.76. The van der Waals surface area contributed by atoms with Gasteiger partial charge in [-0.15, -0.1) is 0 Å². The average Bonchev–Trinajstić information content (AvgIpc) is 2.60. The molecule has 0 bridgehead atoms. The molecule has 5 nitrogen and oxygen atoms in total. The van der Waals surface area contributed by atoms with Crippen LogP contribution in [0.4, 0.5) is 9.18 Å². The zero-order valence-electron chi connectivity index (χ0n) is 13.5. The molecule has 24 heavy (non-hydrogen) atoms. The Kier molecular flexibility index (Phi) is 6.45. The van der Waals surface area contributed by atoms with E-state index in [1.165, 1.54) is 13.1 Å². The number of hydrogen-bond acceptors (Lipinski definition) is 2. The van der Waals surface area contributed by atoms with Crippen LogP contribution in [0.25, 0.3) is 0 Å². The van der Waals surface area contributed by atoms with Crippen LogP contribution in [0.15, 0.2) is 54.6 Å². The van der Waals surface area contributed by atoms with Crippen molar-refractivity contribution in [3.63, 3.8) is 0 Å². The summed E-state index contributed by atoms with van der Waals surface area (Å²) in [5, 5.41) is 6.46. The van der Waals surface area contributed by atoms with Gasteiger partial charge in [0.05, 0.1) is 6.54 Å². The predicted molar refractivity (Wildman–Crippen MR) is 88.7 cm³/mol. The summed E-state index contributed by atoms with van der Waals surface area (Å²) in [6, 6.07) is 14.6. The number of benzene rings is 2. The summed E-state index contributed by atoms with van der Waals surface area (Å²) in [6.45, 7) is 0.516. The van der Waals surface area contributed by atoms with E-state index in [0.717, 1.165) is 5.56 Å². The van der Waals surface area contributed by atoms with Gasteiger partial charge in [0.25, 0.3) is 5.91 Å². The van der Waals surface area contributed by atoms with E-state index in [-0.39, 0.29) is 5.82 Å². The molecule has 0 saturated carbocycles. The number of carbonyl (C=O) groups is 2. The van der Waals surface area contributed by atoms with Crippen LogP contribution in [0.2, 0.25) is 0 Å². The molecule has 4 N–H and O–H groups in total. The number of urea groups is 1. The maximum atomic E-state index is 13.7. The molecule has 126 valence electrons. The lowest BCUT2D eigenvalue weighted by Gasteiger charge is -2.15. The summed E-state index contributed by atoms with van der Waals surface area (Å²) in [7, 11) is 1.45. The Labute approximate surface area is 140 Å². The van der Waals surface area contributed by atoms with E-state index < -0.39 is 18.0 Å². The molecule has 6 heteroatoms. The molecule has 1 atom stereocenters. The number of rotatable bonds is 6. The first kappa shape index (κ1) is 17.6. The van der Waals surface area contributed by atoms with Gasteiger partial charge in [0, 0.05) is 19.0 Å². The molecule has 2 aromatic rings. The van der Waals surface area contributed by atoms with Gasteiger partial charge in [0.15, 0.2) is 6.04 Å². The summed E-state index contributed by atoms with van der Waals surface area (Å²) < 4.78 is 13.7. The van der Waals surface area contributed by atoms with Crippen LogP contribution in [-0.4, -0.2) is 25.5 Å². The minimum atomic E-state index is -0.574. The lowest BCUT2D eigenvalue weighted by Crippen LogP contribution is -2.88. The van der Waals surface area contributed by atoms with E-state index in [4.69, 9.17) is 0 Å². The number of quaternary nitrogens is 1. The first-order chi connectivity index (χ1) is 11.6. The number of halogens is 1. The highest BCUT2D eigenvalue weighted by molar-refractivity contribution is 5.96. The third kappa shape index (κ3) is 4.89. The second-order valence-electron chi connectivity index (χ2n) is 5.32. The lowest BCUT2D eigenvalue weighted by molar-refractivity contribution is -0.682. The maximum Gasteiger partial charge on any atom is 0.321 e. The molecule has 0 radical (unpaired) electrons. The van der Waals surface area contributed by atoms with Gasteiger partial charge in [0.2, 0.25) is 0 Å². The Balaban J connectivity index is 2.05. The van der Waals surface area contributed by atoms with Crippen molar-refractivity contribution in [3.05, 3.63) is 71.5 Å². The van der Waals surface area contributed by atoms with Crippen molar-refractivity contribution < 1.29 is 19.3 Å². The summed E-state index contributed by atoms with van der Waals surface area (Å²) >= 11 is 0. The van der Waals surface area contributed by atoms with Crippen molar-refractivity contribution in [2.45, 2.75) is 12.5 Å². The van der Waals surface area contributed by atoms with Crippen LogP contribution in [0.5, 0.6) is 0 Å². The molecule has 0 aliphatic carbocycles. The number of imide groups is 1. The highest BCUT2D eigenvalue weighted by atomic mass is 19.1. The fraction of sp³-hybridized carbons (Fsp3) is 0.222. The Morgan fingerprint density at radius 3 is 2.42 bits per heavy atom. The number of carbonyl (C=O) groups excluding carboxylic acids is 2. The molecular weight excluding hydrogens is 309 g/mol. The summed E-state index contributed by atoms with van der Waals surface area (Å²) in [4.78, 5) is 23.7. The van der Waals surface area contributed by atoms with Crippen LogP contribution >= 0.6 is 0 Å². The van der Waals surface area contributed by atoms with Gasteiger partial charge in [-0.05, 0) is 11.6 Å². The van der Waals surface area contributed by atoms with E-state index in [1.807, 2.05) is 30.3 Å². The van der Waals surface area contributed by atoms with Crippen molar-refractivity contribution in [1.82, 2.24) is 10.6 Å². The van der Waals surface area contributed by atoms with E-state index in [1.54, 1.807) is 23.5 Å². The van der Waals surface area contributed by atoms with Crippen molar-refractivity contribution in [1.29, 1.82) is 0 Å². The third-order valence-corrected chi connectivity index (χ3v) is 3.68. The smallest absolute Gasteiger partial charge is 0.321 e. The van der Waals surface area contributed by atoms with Gasteiger partial charge in [-0.25, -0.2) is 9.18 Å². The van der Waals surface area contributed by atoms with Crippen molar-refractivity contribution in [2.24, 2.45) is 0 Å². The Morgan fingerprint density at radius 2 is 1.75 bits per heavy atom. The zero-order valence-corrected chi connectivity index (χ0v) is 13.5. The number of nitrogens with one attached hydrogen (secondary N) is 2. The second-order valence-corrected chi connectivity index (χ2v) is 5.32. The largest absolute Gasteiger partial charge is 0.341 e. The normalized spacial score (nSPS) is 11.6. The molecule has 2 aromatic carbocycles. The maximum absolute atomic E-state index is 13.7. The molecular formula is C18H21FN3O2+. The SMILES string of the molecule is CNC(=O)NC(=O)[C@H]([NH2+]CCc1ccccc1F)c1ccccc1. The van der Waals surface area contributed by atoms with Crippen molar-refractivity contribution >= 4 is 11.9 Å². The molecule has 0 fully saturated rings. The van der Waals surface area contributed by atoms with Crippen molar-refractivity contribution in [2.75, 3.05) is 13.6 Å². The molecule has 0 spiro atoms. The standard InChI is InChI=1S/C18H20FN3O2/c1-20-18(24)22-17(23)16(14-8-3-2-4-9-14)21-12-11-13-7-5-6-10-15(13)19/h2-10,16,21H,11-12H2,1H3,(H2,20,22,23,24)/p+1/t16-/m1/s1. The van der Waals surface area contributed by atoms with E-state index >= 15 is 0 Å². The minimum absolute atomic E-state index is 0.253.